The Balaban J connectivity index is 1.83. The third-order valence-corrected chi connectivity index (χ3v) is 3.55. The van der Waals surface area contributed by atoms with Crippen LogP contribution in [0.4, 0.5) is 0 Å². The molecular weight excluding hydrogens is 292 g/mol. The van der Waals surface area contributed by atoms with Gasteiger partial charge in [-0.3, -0.25) is 0 Å². The zero-order valence-electron chi connectivity index (χ0n) is 12.9. The normalized spacial score (nSPS) is 11.9. The Labute approximate surface area is 133 Å². The summed E-state index contributed by atoms with van der Waals surface area (Å²) in [6, 6.07) is 15.0. The molecule has 1 atom stereocenters. The number of hydrogen-bond acceptors (Lipinski definition) is 5. The fourth-order valence-electron chi connectivity index (χ4n) is 2.25. The first kappa shape index (κ1) is 14.9. The van der Waals surface area contributed by atoms with Crippen LogP contribution in [0.2, 0.25) is 0 Å². The lowest BCUT2D eigenvalue weighted by atomic mass is 10.1. The number of para-hydroxylation sites is 1. The van der Waals surface area contributed by atoms with Gasteiger partial charge in [0.05, 0.1) is 11.3 Å². The van der Waals surface area contributed by atoms with Crippen LogP contribution in [0.3, 0.4) is 0 Å². The summed E-state index contributed by atoms with van der Waals surface area (Å²) in [5.74, 6) is -0.413. The second kappa shape index (κ2) is 6.39. The van der Waals surface area contributed by atoms with E-state index >= 15 is 0 Å². The van der Waals surface area contributed by atoms with E-state index in [1.54, 1.807) is 18.2 Å². The largest absolute Gasteiger partial charge is 0.454 e. The van der Waals surface area contributed by atoms with Gasteiger partial charge in [0.2, 0.25) is 0 Å². The maximum atomic E-state index is 12.5. The molecule has 2 aromatic carbocycles. The number of aromatic nitrogens is 4. The number of ether oxygens (including phenoxy) is 1. The van der Waals surface area contributed by atoms with Gasteiger partial charge in [0, 0.05) is 0 Å². The fraction of sp³-hybridized carbons (Fsp3) is 0.176. The van der Waals surface area contributed by atoms with Crippen molar-refractivity contribution in [3.8, 4) is 5.69 Å². The van der Waals surface area contributed by atoms with Crippen LogP contribution in [-0.4, -0.2) is 26.2 Å². The molecule has 23 heavy (non-hydrogen) atoms. The molecule has 6 nitrogen and oxygen atoms in total. The summed E-state index contributed by atoms with van der Waals surface area (Å²) in [5, 5.41) is 11.0. The average Bonchev–Trinajstić information content (AvgIpc) is 3.09. The van der Waals surface area contributed by atoms with E-state index in [0.717, 1.165) is 11.1 Å². The molecule has 0 fully saturated rings. The molecule has 0 aliphatic carbocycles. The maximum Gasteiger partial charge on any atom is 0.340 e. The first-order valence-corrected chi connectivity index (χ1v) is 7.25. The summed E-state index contributed by atoms with van der Waals surface area (Å²) in [5.41, 5.74) is 3.11. The van der Waals surface area contributed by atoms with Gasteiger partial charge in [-0.25, -0.2) is 4.79 Å². The smallest absolute Gasteiger partial charge is 0.340 e. The van der Waals surface area contributed by atoms with Gasteiger partial charge in [0.25, 0.3) is 0 Å². The van der Waals surface area contributed by atoms with Crippen LogP contribution in [-0.2, 0) is 4.74 Å². The molecule has 1 aromatic heterocycles. The van der Waals surface area contributed by atoms with Gasteiger partial charge in [-0.2, -0.15) is 4.68 Å². The molecule has 116 valence electrons. The van der Waals surface area contributed by atoms with Gasteiger partial charge in [-0.05, 0) is 42.0 Å². The van der Waals surface area contributed by atoms with Crippen LogP contribution >= 0.6 is 0 Å². The van der Waals surface area contributed by atoms with Crippen molar-refractivity contribution in [3.05, 3.63) is 71.5 Å². The SMILES string of the molecule is Cc1ccc([C@@H](C)OC(=O)c2ccccc2-n2cnnn2)cc1. The van der Waals surface area contributed by atoms with Crippen molar-refractivity contribution in [1.82, 2.24) is 20.2 Å². The minimum absolute atomic E-state index is 0.343. The lowest BCUT2D eigenvalue weighted by Crippen LogP contribution is -2.12. The Kier molecular flexibility index (Phi) is 4.14. The molecule has 6 heteroatoms. The molecule has 0 saturated carbocycles. The van der Waals surface area contributed by atoms with E-state index in [0.29, 0.717) is 11.3 Å². The molecule has 0 unspecified atom stereocenters. The molecule has 0 bridgehead atoms. The lowest BCUT2D eigenvalue weighted by molar-refractivity contribution is 0.0338. The van der Waals surface area contributed by atoms with Crippen LogP contribution in [0.15, 0.2) is 54.9 Å². The number of tetrazole rings is 1. The standard InChI is InChI=1S/C17H16N4O2/c1-12-7-9-14(10-8-12)13(2)23-17(22)15-5-3-4-6-16(15)21-11-18-19-20-21/h3-11,13H,1-2H3/t13-/m1/s1. The maximum absolute atomic E-state index is 12.5. The van der Waals surface area contributed by atoms with E-state index < -0.39 is 5.97 Å². The highest BCUT2D eigenvalue weighted by Gasteiger charge is 2.18. The number of nitrogens with zero attached hydrogens (tertiary/aromatic N) is 4. The zero-order valence-corrected chi connectivity index (χ0v) is 12.9. The Morgan fingerprint density at radius 3 is 2.57 bits per heavy atom. The third kappa shape index (κ3) is 3.26. The summed E-state index contributed by atoms with van der Waals surface area (Å²) in [6.45, 7) is 3.87. The van der Waals surface area contributed by atoms with Crippen LogP contribution in [0.25, 0.3) is 5.69 Å². The first-order valence-electron chi connectivity index (χ1n) is 7.25. The van der Waals surface area contributed by atoms with E-state index in [2.05, 4.69) is 15.5 Å². The van der Waals surface area contributed by atoms with Gasteiger partial charge < -0.3 is 4.74 Å². The van der Waals surface area contributed by atoms with Crippen molar-refractivity contribution in [2.24, 2.45) is 0 Å². The summed E-state index contributed by atoms with van der Waals surface area (Å²) in [4.78, 5) is 12.5. The van der Waals surface area contributed by atoms with Crippen LogP contribution in [0, 0.1) is 6.92 Å². The number of hydrogen-bond donors (Lipinski definition) is 0. The monoisotopic (exact) mass is 308 g/mol. The molecule has 0 aliphatic heterocycles. The van der Waals surface area contributed by atoms with Gasteiger partial charge in [0.1, 0.15) is 12.4 Å². The first-order chi connectivity index (χ1) is 11.1. The van der Waals surface area contributed by atoms with Gasteiger partial charge in [-0.1, -0.05) is 42.0 Å². The molecule has 0 saturated heterocycles. The molecule has 0 radical (unpaired) electrons. The van der Waals surface area contributed by atoms with E-state index in [-0.39, 0.29) is 6.10 Å². The number of carbonyl (C=O) groups excluding carboxylic acids is 1. The van der Waals surface area contributed by atoms with Crippen molar-refractivity contribution >= 4 is 5.97 Å². The van der Waals surface area contributed by atoms with Crippen LogP contribution < -0.4 is 0 Å². The Morgan fingerprint density at radius 1 is 1.13 bits per heavy atom. The highest BCUT2D eigenvalue weighted by atomic mass is 16.5. The van der Waals surface area contributed by atoms with Crippen molar-refractivity contribution in [2.75, 3.05) is 0 Å². The number of aryl methyl sites for hydroxylation is 1. The highest BCUT2D eigenvalue weighted by Crippen LogP contribution is 2.21. The Morgan fingerprint density at radius 2 is 1.87 bits per heavy atom. The lowest BCUT2D eigenvalue weighted by Gasteiger charge is -2.15. The molecule has 0 spiro atoms. The van der Waals surface area contributed by atoms with Crippen molar-refractivity contribution in [3.63, 3.8) is 0 Å². The summed E-state index contributed by atoms with van der Waals surface area (Å²) >= 11 is 0. The van der Waals surface area contributed by atoms with Gasteiger partial charge in [0.15, 0.2) is 0 Å². The predicted molar refractivity (Wildman–Crippen MR) is 84.2 cm³/mol. The molecule has 3 aromatic rings. The predicted octanol–water partition coefficient (Wildman–Crippen LogP) is 2.89. The summed E-state index contributed by atoms with van der Waals surface area (Å²) < 4.78 is 7.02. The van der Waals surface area contributed by atoms with Crippen molar-refractivity contribution in [2.45, 2.75) is 20.0 Å². The van der Waals surface area contributed by atoms with Crippen LogP contribution in [0.5, 0.6) is 0 Å². The zero-order chi connectivity index (χ0) is 16.2. The molecule has 0 amide bonds. The number of carbonyl (C=O) groups is 1. The number of rotatable bonds is 4. The number of benzene rings is 2. The van der Waals surface area contributed by atoms with E-state index in [1.807, 2.05) is 44.2 Å². The highest BCUT2D eigenvalue weighted by molar-refractivity contribution is 5.93. The topological polar surface area (TPSA) is 69.9 Å². The second-order valence-corrected chi connectivity index (χ2v) is 5.23. The molecule has 1 heterocycles. The Bertz CT molecular complexity index is 798. The van der Waals surface area contributed by atoms with E-state index in [4.69, 9.17) is 4.74 Å². The van der Waals surface area contributed by atoms with Gasteiger partial charge >= 0.3 is 5.97 Å². The quantitative estimate of drug-likeness (QED) is 0.693. The van der Waals surface area contributed by atoms with Crippen LogP contribution in [0.1, 0.15) is 34.5 Å². The third-order valence-electron chi connectivity index (χ3n) is 3.55. The number of esters is 1. The second-order valence-electron chi connectivity index (χ2n) is 5.23. The van der Waals surface area contributed by atoms with E-state index in [9.17, 15) is 4.79 Å². The molecular formula is C17H16N4O2. The Hall–Kier alpha value is -3.02. The van der Waals surface area contributed by atoms with Crippen molar-refractivity contribution in [1.29, 1.82) is 0 Å². The summed E-state index contributed by atoms with van der Waals surface area (Å²) in [7, 11) is 0. The minimum atomic E-state index is -0.413. The van der Waals surface area contributed by atoms with Gasteiger partial charge in [-0.15, -0.1) is 5.10 Å². The minimum Gasteiger partial charge on any atom is -0.454 e. The fourth-order valence-corrected chi connectivity index (χ4v) is 2.25. The summed E-state index contributed by atoms with van der Waals surface area (Å²) in [6.07, 6.45) is 1.10. The van der Waals surface area contributed by atoms with E-state index in [1.165, 1.54) is 11.0 Å². The molecule has 0 N–H and O–H groups in total. The average molecular weight is 308 g/mol. The van der Waals surface area contributed by atoms with Crippen molar-refractivity contribution < 1.29 is 9.53 Å². The molecule has 0 aliphatic rings. The molecule has 3 rings (SSSR count).